The normalized spacial score (nSPS) is 31.5. The average Bonchev–Trinajstić information content (AvgIpc) is 3.10. The Morgan fingerprint density at radius 2 is 1.94 bits per heavy atom. The predicted octanol–water partition coefficient (Wildman–Crippen LogP) is 6.43. The van der Waals surface area contributed by atoms with Gasteiger partial charge in [-0.1, -0.05) is 67.0 Å². The molecule has 3 aliphatic carbocycles. The summed E-state index contributed by atoms with van der Waals surface area (Å²) < 4.78 is 0. The second-order valence-corrected chi connectivity index (χ2v) is 11.4. The van der Waals surface area contributed by atoms with Crippen molar-refractivity contribution in [1.29, 1.82) is 0 Å². The number of amides is 1. The van der Waals surface area contributed by atoms with E-state index in [1.165, 1.54) is 24.8 Å². The van der Waals surface area contributed by atoms with E-state index in [4.69, 9.17) is 5.73 Å². The summed E-state index contributed by atoms with van der Waals surface area (Å²) in [4.78, 5) is 11.6. The first-order chi connectivity index (χ1) is 16.4. The summed E-state index contributed by atoms with van der Waals surface area (Å²) in [6.45, 7) is 6.34. The lowest BCUT2D eigenvalue weighted by atomic mass is 9.55. The van der Waals surface area contributed by atoms with Gasteiger partial charge in [-0.25, -0.2) is 0 Å². The highest BCUT2D eigenvalue weighted by Gasteiger charge is 2.57. The first-order valence-corrected chi connectivity index (χ1v) is 14.3. The van der Waals surface area contributed by atoms with Gasteiger partial charge < -0.3 is 10.8 Å². The number of carbonyl (C=O) groups excluding carboxylic acids is 1. The van der Waals surface area contributed by atoms with Crippen LogP contribution in [0.4, 0.5) is 0 Å². The number of hydrogen-bond donors (Lipinski definition) is 2. The molecule has 0 radical (unpaired) electrons. The molecule has 2 saturated carbocycles. The topological polar surface area (TPSA) is 63.3 Å². The maximum atomic E-state index is 11.6. The van der Waals surface area contributed by atoms with Crippen molar-refractivity contribution in [3.05, 3.63) is 70.3 Å². The largest absolute Gasteiger partial charge is 0.392 e. The minimum absolute atomic E-state index is 0.000533. The van der Waals surface area contributed by atoms with Gasteiger partial charge in [0.15, 0.2) is 0 Å². The molecule has 0 aliphatic heterocycles. The lowest BCUT2D eigenvalue weighted by Crippen LogP contribution is -2.44. The number of primary amides is 1. The lowest BCUT2D eigenvalue weighted by Gasteiger charge is -2.50. The van der Waals surface area contributed by atoms with Crippen LogP contribution in [0.2, 0.25) is 0 Å². The van der Waals surface area contributed by atoms with Crippen LogP contribution >= 0.6 is 15.9 Å². The van der Waals surface area contributed by atoms with Crippen LogP contribution in [-0.2, 0) is 19.3 Å². The van der Waals surface area contributed by atoms with Crippen molar-refractivity contribution >= 4 is 21.8 Å². The number of fused-ring (bicyclic) bond motifs is 5. The van der Waals surface area contributed by atoms with Gasteiger partial charge in [0.05, 0.1) is 6.10 Å². The van der Waals surface area contributed by atoms with Crippen molar-refractivity contribution in [2.45, 2.75) is 77.7 Å². The van der Waals surface area contributed by atoms with E-state index in [1.54, 1.807) is 17.2 Å². The van der Waals surface area contributed by atoms with Gasteiger partial charge in [-0.15, -0.1) is 0 Å². The fourth-order valence-corrected chi connectivity index (χ4v) is 7.86. The number of alkyl halides is 1. The molecular formula is C30H40BrNO2. The molecule has 5 rings (SSSR count). The van der Waals surface area contributed by atoms with Gasteiger partial charge in [0.2, 0.25) is 5.91 Å². The standard InChI is InChI=1S/C28H34BrNO2.C2H6/c1-28-11-9-23-22-7-5-17(10-12-29)13-19(22)6-8-24(23)25(28)16-21(26(28)31)15-18-3-2-4-20(14-18)27(30)32;1-2/h2-5,7,13-14,21,23-26,31H,6,8-12,15-16H2,1H3,(H2,30,32);1-2H3/t21-,23+,24+,25-,26-,28-;/m0./s1. The molecule has 34 heavy (non-hydrogen) atoms. The number of aliphatic hydroxyl groups is 1. The van der Waals surface area contributed by atoms with E-state index in [0.717, 1.165) is 36.6 Å². The van der Waals surface area contributed by atoms with E-state index in [9.17, 15) is 9.90 Å². The number of aryl methyl sites for hydroxylation is 2. The molecule has 0 spiro atoms. The minimum Gasteiger partial charge on any atom is -0.392 e. The minimum atomic E-state index is -0.387. The van der Waals surface area contributed by atoms with Crippen molar-refractivity contribution in [2.75, 3.05) is 5.33 Å². The summed E-state index contributed by atoms with van der Waals surface area (Å²) in [6, 6.07) is 14.8. The molecule has 3 aliphatic rings. The number of nitrogens with two attached hydrogens (primary N) is 1. The van der Waals surface area contributed by atoms with Crippen LogP contribution in [0, 0.1) is 23.2 Å². The van der Waals surface area contributed by atoms with Crippen LogP contribution in [0.15, 0.2) is 42.5 Å². The highest BCUT2D eigenvalue weighted by molar-refractivity contribution is 9.09. The molecule has 6 atom stereocenters. The Morgan fingerprint density at radius 3 is 2.68 bits per heavy atom. The van der Waals surface area contributed by atoms with E-state index in [2.05, 4.69) is 47.1 Å². The first kappa shape index (κ1) is 25.4. The molecule has 1 amide bonds. The fraction of sp³-hybridized carbons (Fsp3) is 0.567. The third kappa shape index (κ3) is 4.60. The van der Waals surface area contributed by atoms with Crippen molar-refractivity contribution < 1.29 is 9.90 Å². The van der Waals surface area contributed by atoms with Gasteiger partial charge in [-0.3, -0.25) is 4.79 Å². The molecule has 0 bridgehead atoms. The van der Waals surface area contributed by atoms with Gasteiger partial charge in [0.25, 0.3) is 0 Å². The van der Waals surface area contributed by atoms with Crippen LogP contribution in [0.1, 0.15) is 85.0 Å². The Balaban J connectivity index is 0.00000133. The quantitative estimate of drug-likeness (QED) is 0.441. The highest BCUT2D eigenvalue weighted by atomic mass is 79.9. The predicted molar refractivity (Wildman–Crippen MR) is 143 cm³/mol. The SMILES string of the molecule is CC.C[C@]12CC[C@@H]3c4ccc(CCBr)cc4CC[C@H]3[C@@H]1C[C@H](Cc1cccc(C(N)=O)c1)[C@@H]2O. The Morgan fingerprint density at radius 1 is 1.15 bits per heavy atom. The Labute approximate surface area is 213 Å². The first-order valence-electron chi connectivity index (χ1n) is 13.1. The number of carbonyl (C=O) groups is 1. The van der Waals surface area contributed by atoms with Crippen molar-refractivity contribution in [3.8, 4) is 0 Å². The molecule has 2 fully saturated rings. The summed E-state index contributed by atoms with van der Waals surface area (Å²) in [7, 11) is 0. The Kier molecular flexibility index (Phi) is 7.89. The molecular weight excluding hydrogens is 486 g/mol. The van der Waals surface area contributed by atoms with Gasteiger partial charge >= 0.3 is 0 Å². The molecule has 0 aromatic heterocycles. The zero-order chi connectivity index (χ0) is 24.5. The monoisotopic (exact) mass is 525 g/mol. The third-order valence-electron chi connectivity index (χ3n) is 9.00. The van der Waals surface area contributed by atoms with E-state index in [1.807, 2.05) is 26.0 Å². The molecule has 2 aromatic rings. The summed E-state index contributed by atoms with van der Waals surface area (Å²) in [5.41, 5.74) is 11.7. The number of benzene rings is 2. The zero-order valence-corrected chi connectivity index (χ0v) is 22.5. The molecule has 3 nitrogen and oxygen atoms in total. The molecule has 2 aromatic carbocycles. The van der Waals surface area contributed by atoms with Crippen LogP contribution in [0.5, 0.6) is 0 Å². The number of aliphatic hydroxyl groups excluding tert-OH is 1. The smallest absolute Gasteiger partial charge is 0.248 e. The van der Waals surface area contributed by atoms with Crippen molar-refractivity contribution in [2.24, 2.45) is 28.9 Å². The summed E-state index contributed by atoms with van der Waals surface area (Å²) in [6.07, 6.45) is 7.40. The van der Waals surface area contributed by atoms with Gasteiger partial charge in [-0.2, -0.15) is 0 Å². The number of rotatable bonds is 5. The van der Waals surface area contributed by atoms with E-state index < -0.39 is 0 Å². The van der Waals surface area contributed by atoms with Crippen LogP contribution < -0.4 is 5.73 Å². The van der Waals surface area contributed by atoms with Crippen LogP contribution in [0.3, 0.4) is 0 Å². The van der Waals surface area contributed by atoms with E-state index in [0.29, 0.717) is 23.3 Å². The zero-order valence-electron chi connectivity index (χ0n) is 20.9. The van der Waals surface area contributed by atoms with Crippen molar-refractivity contribution in [1.82, 2.24) is 0 Å². The molecule has 184 valence electrons. The summed E-state index contributed by atoms with van der Waals surface area (Å²) >= 11 is 3.57. The van der Waals surface area contributed by atoms with E-state index >= 15 is 0 Å². The van der Waals surface area contributed by atoms with Crippen LogP contribution in [0.25, 0.3) is 0 Å². The van der Waals surface area contributed by atoms with Gasteiger partial charge in [0, 0.05) is 10.9 Å². The third-order valence-corrected chi connectivity index (χ3v) is 9.40. The maximum absolute atomic E-state index is 11.6. The maximum Gasteiger partial charge on any atom is 0.248 e. The molecule has 0 unspecified atom stereocenters. The number of hydrogen-bond acceptors (Lipinski definition) is 2. The molecule has 0 heterocycles. The molecule has 3 N–H and O–H groups in total. The molecule has 4 heteroatoms. The van der Waals surface area contributed by atoms with Crippen LogP contribution in [-0.4, -0.2) is 22.4 Å². The second-order valence-electron chi connectivity index (χ2n) is 10.6. The van der Waals surface area contributed by atoms with Crippen molar-refractivity contribution in [3.63, 3.8) is 0 Å². The Hall–Kier alpha value is -1.65. The molecule has 0 saturated heterocycles. The summed E-state index contributed by atoms with van der Waals surface area (Å²) in [5, 5.41) is 12.5. The van der Waals surface area contributed by atoms with Gasteiger partial charge in [0.1, 0.15) is 0 Å². The lowest BCUT2D eigenvalue weighted by molar-refractivity contribution is -0.0325. The number of halogens is 1. The average molecular weight is 527 g/mol. The highest BCUT2D eigenvalue weighted by Crippen LogP contribution is 2.62. The fourth-order valence-electron chi connectivity index (χ4n) is 7.40. The Bertz CT molecular complexity index is 1020. The van der Waals surface area contributed by atoms with Gasteiger partial charge in [-0.05, 0) is 108 Å². The van der Waals surface area contributed by atoms with E-state index in [-0.39, 0.29) is 23.3 Å². The summed E-state index contributed by atoms with van der Waals surface area (Å²) in [5.74, 6) is 1.73. The second kappa shape index (κ2) is 10.5.